The second kappa shape index (κ2) is 11.3. The zero-order chi connectivity index (χ0) is 25.6. The lowest BCUT2D eigenvalue weighted by Crippen LogP contribution is -2.48. The van der Waals surface area contributed by atoms with Gasteiger partial charge in [-0.1, -0.05) is 12.1 Å². The number of esters is 1. The minimum Gasteiger partial charge on any atom is -0.497 e. The second-order valence-corrected chi connectivity index (χ2v) is 9.08. The van der Waals surface area contributed by atoms with Crippen molar-refractivity contribution in [2.45, 2.75) is 51.0 Å². The van der Waals surface area contributed by atoms with Crippen molar-refractivity contribution in [2.75, 3.05) is 27.9 Å². The van der Waals surface area contributed by atoms with Crippen molar-refractivity contribution >= 4 is 12.1 Å². The van der Waals surface area contributed by atoms with E-state index in [0.29, 0.717) is 23.7 Å². The molecule has 3 rings (SSSR count). The highest BCUT2D eigenvalue weighted by atomic mass is 16.6. The average molecular weight is 488 g/mol. The summed E-state index contributed by atoms with van der Waals surface area (Å²) in [6.45, 7) is 5.49. The summed E-state index contributed by atoms with van der Waals surface area (Å²) in [7, 11) is 4.41. The standard InChI is InChI=1S/C26H33NO8/c1-26(2,3)33-15-20(24(28)32-6)27-25(29)35-22-14-17-13-19(31-5)10-11-21(17)34-23(22)16-8-7-9-18(12-16)30-4/h7-13,20,22-23H,14-15H2,1-6H3,(H,27,29)/t20-,22+,23-/m0/s1. The van der Waals surface area contributed by atoms with Crippen LogP contribution in [-0.4, -0.2) is 57.7 Å². The predicted octanol–water partition coefficient (Wildman–Crippen LogP) is 3.83. The Morgan fingerprint density at radius 2 is 1.77 bits per heavy atom. The summed E-state index contributed by atoms with van der Waals surface area (Å²) < 4.78 is 33.2. The molecule has 9 heteroatoms. The van der Waals surface area contributed by atoms with Crippen molar-refractivity contribution in [1.29, 1.82) is 0 Å². The van der Waals surface area contributed by atoms with Crippen LogP contribution in [0.2, 0.25) is 0 Å². The number of nitrogens with one attached hydrogen (secondary N) is 1. The summed E-state index contributed by atoms with van der Waals surface area (Å²) in [5.74, 6) is 1.36. The first kappa shape index (κ1) is 26.2. The third-order valence-electron chi connectivity index (χ3n) is 5.42. The number of rotatable bonds is 8. The van der Waals surface area contributed by atoms with E-state index in [0.717, 1.165) is 11.1 Å². The first-order valence-corrected chi connectivity index (χ1v) is 11.3. The molecule has 1 amide bonds. The molecule has 1 aliphatic rings. The number of hydrogen-bond donors (Lipinski definition) is 1. The summed E-state index contributed by atoms with van der Waals surface area (Å²) in [6, 6.07) is 11.8. The molecule has 9 nitrogen and oxygen atoms in total. The quantitative estimate of drug-likeness (QED) is 0.561. The highest BCUT2D eigenvalue weighted by molar-refractivity contribution is 5.81. The van der Waals surface area contributed by atoms with Gasteiger partial charge in [0.15, 0.2) is 12.1 Å². The Morgan fingerprint density at radius 1 is 1.06 bits per heavy atom. The van der Waals surface area contributed by atoms with Gasteiger partial charge >= 0.3 is 12.1 Å². The van der Waals surface area contributed by atoms with Crippen LogP contribution in [0.25, 0.3) is 0 Å². The summed E-state index contributed by atoms with van der Waals surface area (Å²) in [4.78, 5) is 25.1. The lowest BCUT2D eigenvalue weighted by molar-refractivity contribution is -0.146. The van der Waals surface area contributed by atoms with Crippen LogP contribution >= 0.6 is 0 Å². The number of hydrogen-bond acceptors (Lipinski definition) is 8. The van der Waals surface area contributed by atoms with Gasteiger partial charge in [-0.25, -0.2) is 9.59 Å². The molecule has 0 saturated carbocycles. The fourth-order valence-corrected chi connectivity index (χ4v) is 3.66. The van der Waals surface area contributed by atoms with Crippen LogP contribution in [0.1, 0.15) is 38.0 Å². The topological polar surface area (TPSA) is 102 Å². The van der Waals surface area contributed by atoms with Gasteiger partial charge in [-0.3, -0.25) is 0 Å². The minimum absolute atomic E-state index is 0.0637. The monoisotopic (exact) mass is 487 g/mol. The Kier molecular flexibility index (Phi) is 8.45. The largest absolute Gasteiger partial charge is 0.497 e. The maximum Gasteiger partial charge on any atom is 0.408 e. The molecule has 2 aromatic carbocycles. The van der Waals surface area contributed by atoms with Crippen LogP contribution in [0.5, 0.6) is 17.2 Å². The van der Waals surface area contributed by atoms with Gasteiger partial charge in [-0.05, 0) is 56.7 Å². The molecule has 1 aliphatic heterocycles. The molecule has 0 aliphatic carbocycles. The maximum absolute atomic E-state index is 12.9. The lowest BCUT2D eigenvalue weighted by atomic mass is 9.94. The first-order valence-electron chi connectivity index (χ1n) is 11.3. The maximum atomic E-state index is 12.9. The van der Waals surface area contributed by atoms with E-state index < -0.39 is 35.9 Å². The van der Waals surface area contributed by atoms with E-state index in [4.69, 9.17) is 28.4 Å². The SMILES string of the molecule is COC(=O)[C@H](COC(C)(C)C)NC(=O)O[C@@H]1Cc2cc(OC)ccc2O[C@H]1c1cccc(OC)c1. The highest BCUT2D eigenvalue weighted by Gasteiger charge is 2.36. The fraction of sp³-hybridized carbons (Fsp3) is 0.462. The highest BCUT2D eigenvalue weighted by Crippen LogP contribution is 2.39. The van der Waals surface area contributed by atoms with Gasteiger partial charge in [0.25, 0.3) is 0 Å². The molecule has 2 aromatic rings. The van der Waals surface area contributed by atoms with Crippen LogP contribution < -0.4 is 19.5 Å². The Balaban J connectivity index is 1.83. The van der Waals surface area contributed by atoms with E-state index in [2.05, 4.69) is 5.32 Å². The van der Waals surface area contributed by atoms with Gasteiger partial charge in [0.1, 0.15) is 23.4 Å². The van der Waals surface area contributed by atoms with Crippen LogP contribution in [0.15, 0.2) is 42.5 Å². The molecule has 0 aromatic heterocycles. The number of alkyl carbamates (subject to hydrolysis) is 1. The number of ether oxygens (including phenoxy) is 6. The van der Waals surface area contributed by atoms with Gasteiger partial charge in [0, 0.05) is 12.0 Å². The van der Waals surface area contributed by atoms with Crippen molar-refractivity contribution in [3.05, 3.63) is 53.6 Å². The van der Waals surface area contributed by atoms with Crippen LogP contribution in [-0.2, 0) is 25.4 Å². The van der Waals surface area contributed by atoms with E-state index >= 15 is 0 Å². The molecular formula is C26H33NO8. The fourth-order valence-electron chi connectivity index (χ4n) is 3.66. The summed E-state index contributed by atoms with van der Waals surface area (Å²) in [5.41, 5.74) is 1.11. The molecule has 0 saturated heterocycles. The van der Waals surface area contributed by atoms with E-state index in [1.54, 1.807) is 14.2 Å². The van der Waals surface area contributed by atoms with Crippen molar-refractivity contribution in [3.8, 4) is 17.2 Å². The normalized spacial score (nSPS) is 17.9. The Morgan fingerprint density at radius 3 is 2.43 bits per heavy atom. The van der Waals surface area contributed by atoms with E-state index in [1.807, 2.05) is 63.2 Å². The van der Waals surface area contributed by atoms with Crippen molar-refractivity contribution in [3.63, 3.8) is 0 Å². The van der Waals surface area contributed by atoms with E-state index in [9.17, 15) is 9.59 Å². The Hall–Kier alpha value is -3.46. The smallest absolute Gasteiger partial charge is 0.408 e. The van der Waals surface area contributed by atoms with Crippen LogP contribution in [0.4, 0.5) is 4.79 Å². The molecule has 0 fully saturated rings. The lowest BCUT2D eigenvalue weighted by Gasteiger charge is -2.34. The Labute approximate surface area is 205 Å². The molecule has 0 spiro atoms. The van der Waals surface area contributed by atoms with Crippen LogP contribution in [0.3, 0.4) is 0 Å². The summed E-state index contributed by atoms with van der Waals surface area (Å²) >= 11 is 0. The van der Waals surface area contributed by atoms with Gasteiger partial charge in [-0.15, -0.1) is 0 Å². The first-order chi connectivity index (χ1) is 16.6. The van der Waals surface area contributed by atoms with Crippen molar-refractivity contribution in [1.82, 2.24) is 5.32 Å². The number of fused-ring (bicyclic) bond motifs is 1. The molecule has 190 valence electrons. The zero-order valence-corrected chi connectivity index (χ0v) is 21.0. The second-order valence-electron chi connectivity index (χ2n) is 9.08. The number of carbonyl (C=O) groups excluding carboxylic acids is 2. The third-order valence-corrected chi connectivity index (χ3v) is 5.42. The van der Waals surface area contributed by atoms with Gasteiger partial charge in [0.05, 0.1) is 33.5 Å². The number of benzene rings is 2. The number of methoxy groups -OCH3 is 3. The molecule has 35 heavy (non-hydrogen) atoms. The number of carbonyl (C=O) groups is 2. The van der Waals surface area contributed by atoms with E-state index in [1.165, 1.54) is 7.11 Å². The minimum atomic E-state index is -1.03. The molecule has 3 atom stereocenters. The molecule has 0 bridgehead atoms. The van der Waals surface area contributed by atoms with Crippen LogP contribution in [0, 0.1) is 0 Å². The molecular weight excluding hydrogens is 454 g/mol. The zero-order valence-electron chi connectivity index (χ0n) is 21.0. The van der Waals surface area contributed by atoms with Gasteiger partial charge in [-0.2, -0.15) is 0 Å². The Bertz CT molecular complexity index is 1030. The van der Waals surface area contributed by atoms with Crippen molar-refractivity contribution in [2.24, 2.45) is 0 Å². The molecule has 0 radical (unpaired) electrons. The van der Waals surface area contributed by atoms with Crippen molar-refractivity contribution < 1.29 is 38.0 Å². The summed E-state index contributed by atoms with van der Waals surface area (Å²) in [5, 5.41) is 2.56. The summed E-state index contributed by atoms with van der Waals surface area (Å²) in [6.07, 6.45) is -1.70. The van der Waals surface area contributed by atoms with Gasteiger partial charge < -0.3 is 33.7 Å². The molecule has 0 unspecified atom stereocenters. The predicted molar refractivity (Wildman–Crippen MR) is 128 cm³/mol. The molecule has 1 N–H and O–H groups in total. The van der Waals surface area contributed by atoms with E-state index in [-0.39, 0.29) is 6.61 Å². The third kappa shape index (κ3) is 7.02. The molecule has 1 heterocycles. The van der Waals surface area contributed by atoms with Gasteiger partial charge in [0.2, 0.25) is 0 Å². The average Bonchev–Trinajstić information content (AvgIpc) is 2.84. The number of amides is 1.